The molecule has 1 rings (SSSR count). The van der Waals surface area contributed by atoms with Crippen molar-refractivity contribution in [1.82, 2.24) is 14.7 Å². The normalized spacial score (nSPS) is 10.1. The van der Waals surface area contributed by atoms with Crippen LogP contribution < -0.4 is 0 Å². The van der Waals surface area contributed by atoms with Gasteiger partial charge in [-0.2, -0.15) is 5.10 Å². The molecule has 0 fully saturated rings. The van der Waals surface area contributed by atoms with Gasteiger partial charge < -0.3 is 4.90 Å². The fourth-order valence-electron chi connectivity index (χ4n) is 0.953. The molecule has 0 radical (unpaired) electrons. The number of halogens is 1. The van der Waals surface area contributed by atoms with Crippen LogP contribution in [0.5, 0.6) is 0 Å². The van der Waals surface area contributed by atoms with Crippen molar-refractivity contribution in [3.8, 4) is 0 Å². The van der Waals surface area contributed by atoms with Gasteiger partial charge in [0.2, 0.25) is 0 Å². The Labute approximate surface area is 82.1 Å². The number of carbonyl (C=O) groups is 1. The van der Waals surface area contributed by atoms with Crippen molar-refractivity contribution < 1.29 is 4.79 Å². The van der Waals surface area contributed by atoms with Crippen LogP contribution in [0, 0.1) is 0 Å². The number of carbonyl (C=O) groups excluding carboxylic acids is 1. The first-order valence-corrected chi connectivity index (χ1v) is 4.49. The first-order chi connectivity index (χ1) is 6.15. The highest BCUT2D eigenvalue weighted by molar-refractivity contribution is 6.18. The van der Waals surface area contributed by atoms with Gasteiger partial charge in [-0.3, -0.25) is 9.48 Å². The Bertz CT molecular complexity index is 297. The predicted octanol–water partition coefficient (Wildman–Crippen LogP) is 0.731. The van der Waals surface area contributed by atoms with E-state index >= 15 is 0 Å². The van der Waals surface area contributed by atoms with Crippen molar-refractivity contribution in [1.29, 1.82) is 0 Å². The zero-order valence-electron chi connectivity index (χ0n) is 7.70. The van der Waals surface area contributed by atoms with Gasteiger partial charge >= 0.3 is 0 Å². The molecule has 0 saturated carbocycles. The molecule has 0 spiro atoms. The van der Waals surface area contributed by atoms with E-state index in [1.165, 1.54) is 0 Å². The van der Waals surface area contributed by atoms with Crippen molar-refractivity contribution in [2.24, 2.45) is 7.05 Å². The van der Waals surface area contributed by atoms with Gasteiger partial charge in [-0.1, -0.05) is 0 Å². The van der Waals surface area contributed by atoms with Crippen LogP contribution in [-0.2, 0) is 7.05 Å². The van der Waals surface area contributed by atoms with E-state index in [1.54, 1.807) is 35.9 Å². The third-order valence-corrected chi connectivity index (χ3v) is 1.87. The standard InChI is InChI=1S/C8H12ClN3O/c1-11(6-4-9)8(13)7-3-5-12(2)10-7/h3,5H,4,6H2,1-2H3. The number of aromatic nitrogens is 2. The van der Waals surface area contributed by atoms with E-state index in [1.807, 2.05) is 0 Å². The van der Waals surface area contributed by atoms with E-state index in [2.05, 4.69) is 5.10 Å². The maximum absolute atomic E-state index is 11.5. The maximum atomic E-state index is 11.5. The Morgan fingerprint density at radius 1 is 1.77 bits per heavy atom. The summed E-state index contributed by atoms with van der Waals surface area (Å²) in [7, 11) is 3.48. The summed E-state index contributed by atoms with van der Waals surface area (Å²) < 4.78 is 1.60. The minimum atomic E-state index is -0.0961. The van der Waals surface area contributed by atoms with Crippen molar-refractivity contribution in [2.75, 3.05) is 19.5 Å². The van der Waals surface area contributed by atoms with Crippen molar-refractivity contribution in [2.45, 2.75) is 0 Å². The molecule has 1 heterocycles. The van der Waals surface area contributed by atoms with Crippen LogP contribution in [0.4, 0.5) is 0 Å². The topological polar surface area (TPSA) is 38.1 Å². The van der Waals surface area contributed by atoms with Gasteiger partial charge in [0, 0.05) is 32.7 Å². The summed E-state index contributed by atoms with van der Waals surface area (Å²) in [4.78, 5) is 13.1. The summed E-state index contributed by atoms with van der Waals surface area (Å²) in [5.41, 5.74) is 0.454. The lowest BCUT2D eigenvalue weighted by atomic mass is 10.4. The lowest BCUT2D eigenvalue weighted by molar-refractivity contribution is 0.0797. The Morgan fingerprint density at radius 3 is 2.92 bits per heavy atom. The molecular weight excluding hydrogens is 190 g/mol. The molecule has 0 unspecified atom stereocenters. The Hall–Kier alpha value is -1.03. The summed E-state index contributed by atoms with van der Waals surface area (Å²) in [5, 5.41) is 4.00. The number of amides is 1. The van der Waals surface area contributed by atoms with Gasteiger partial charge in [-0.15, -0.1) is 11.6 Å². The molecule has 0 saturated heterocycles. The summed E-state index contributed by atoms with van der Waals surface area (Å²) in [6, 6.07) is 1.69. The number of nitrogens with zero attached hydrogens (tertiary/aromatic N) is 3. The molecule has 5 heteroatoms. The lowest BCUT2D eigenvalue weighted by Gasteiger charge is -2.13. The molecule has 1 amide bonds. The van der Waals surface area contributed by atoms with E-state index in [0.717, 1.165) is 0 Å². The molecular formula is C8H12ClN3O. The molecule has 0 aliphatic rings. The SMILES string of the molecule is CN(CCCl)C(=O)c1ccn(C)n1. The molecule has 1 aromatic rings. The molecule has 13 heavy (non-hydrogen) atoms. The molecule has 0 N–H and O–H groups in total. The zero-order chi connectivity index (χ0) is 9.84. The van der Waals surface area contributed by atoms with Crippen molar-refractivity contribution >= 4 is 17.5 Å². The van der Waals surface area contributed by atoms with E-state index in [-0.39, 0.29) is 5.91 Å². The van der Waals surface area contributed by atoms with Crippen LogP contribution in [0.1, 0.15) is 10.5 Å². The van der Waals surface area contributed by atoms with Gasteiger partial charge in [0.1, 0.15) is 5.69 Å². The Balaban J connectivity index is 2.67. The average Bonchev–Trinajstić information content (AvgIpc) is 2.51. The van der Waals surface area contributed by atoms with Crippen molar-refractivity contribution in [3.05, 3.63) is 18.0 Å². The van der Waals surface area contributed by atoms with Crippen LogP contribution >= 0.6 is 11.6 Å². The second-order valence-electron chi connectivity index (χ2n) is 2.79. The lowest BCUT2D eigenvalue weighted by Crippen LogP contribution is -2.28. The molecule has 0 atom stereocenters. The molecule has 0 aliphatic carbocycles. The fourth-order valence-corrected chi connectivity index (χ4v) is 1.21. The highest BCUT2D eigenvalue weighted by atomic mass is 35.5. The first kappa shape index (κ1) is 10.1. The molecule has 1 aromatic heterocycles. The Morgan fingerprint density at radius 2 is 2.46 bits per heavy atom. The highest BCUT2D eigenvalue weighted by Crippen LogP contribution is 1.99. The first-order valence-electron chi connectivity index (χ1n) is 3.96. The largest absolute Gasteiger partial charge is 0.339 e. The monoisotopic (exact) mass is 201 g/mol. The number of hydrogen-bond donors (Lipinski definition) is 0. The maximum Gasteiger partial charge on any atom is 0.274 e. The van der Waals surface area contributed by atoms with E-state index < -0.39 is 0 Å². The second kappa shape index (κ2) is 4.28. The van der Waals surface area contributed by atoms with Crippen LogP contribution in [-0.4, -0.2) is 40.1 Å². The third kappa shape index (κ3) is 2.45. The number of hydrogen-bond acceptors (Lipinski definition) is 2. The second-order valence-corrected chi connectivity index (χ2v) is 3.17. The summed E-state index contributed by atoms with van der Waals surface area (Å²) in [6.07, 6.45) is 1.74. The Kier molecular flexibility index (Phi) is 3.31. The minimum absolute atomic E-state index is 0.0961. The van der Waals surface area contributed by atoms with Crippen LogP contribution in [0.25, 0.3) is 0 Å². The van der Waals surface area contributed by atoms with Crippen molar-refractivity contribution in [3.63, 3.8) is 0 Å². The van der Waals surface area contributed by atoms with E-state index in [9.17, 15) is 4.79 Å². The number of rotatable bonds is 3. The third-order valence-electron chi connectivity index (χ3n) is 1.70. The van der Waals surface area contributed by atoms with Gasteiger partial charge in [0.25, 0.3) is 5.91 Å². The molecule has 0 aliphatic heterocycles. The number of aryl methyl sites for hydroxylation is 1. The summed E-state index contributed by atoms with van der Waals surface area (Å²) in [6.45, 7) is 0.539. The molecule has 4 nitrogen and oxygen atoms in total. The van der Waals surface area contributed by atoms with Gasteiger partial charge in [-0.25, -0.2) is 0 Å². The van der Waals surface area contributed by atoms with Crippen LogP contribution in [0.2, 0.25) is 0 Å². The number of alkyl halides is 1. The van der Waals surface area contributed by atoms with E-state index in [0.29, 0.717) is 18.1 Å². The molecule has 72 valence electrons. The average molecular weight is 202 g/mol. The molecule has 0 aromatic carbocycles. The smallest absolute Gasteiger partial charge is 0.274 e. The summed E-state index contributed by atoms with van der Waals surface area (Å²) >= 11 is 5.51. The van der Waals surface area contributed by atoms with Gasteiger partial charge in [0.15, 0.2) is 0 Å². The fraction of sp³-hybridized carbons (Fsp3) is 0.500. The predicted molar refractivity (Wildman–Crippen MR) is 50.9 cm³/mol. The van der Waals surface area contributed by atoms with Gasteiger partial charge in [0.05, 0.1) is 0 Å². The highest BCUT2D eigenvalue weighted by Gasteiger charge is 2.12. The minimum Gasteiger partial charge on any atom is -0.339 e. The summed E-state index contributed by atoms with van der Waals surface area (Å²) in [5.74, 6) is 0.343. The molecule has 0 bridgehead atoms. The zero-order valence-corrected chi connectivity index (χ0v) is 8.45. The van der Waals surface area contributed by atoms with Crippen LogP contribution in [0.3, 0.4) is 0 Å². The quantitative estimate of drug-likeness (QED) is 0.677. The van der Waals surface area contributed by atoms with Crippen LogP contribution in [0.15, 0.2) is 12.3 Å². The van der Waals surface area contributed by atoms with E-state index in [4.69, 9.17) is 11.6 Å². The van der Waals surface area contributed by atoms with Gasteiger partial charge in [-0.05, 0) is 6.07 Å².